The smallest absolute Gasteiger partial charge is 0.253 e. The van der Waals surface area contributed by atoms with E-state index < -0.39 is 0 Å². The van der Waals surface area contributed by atoms with E-state index >= 15 is 0 Å². The maximum absolute atomic E-state index is 12.9. The number of nitrogens with one attached hydrogen (secondary N) is 2. The number of halogens is 1. The van der Waals surface area contributed by atoms with Crippen LogP contribution < -0.4 is 10.6 Å². The van der Waals surface area contributed by atoms with Crippen LogP contribution in [0.25, 0.3) is 0 Å². The Kier molecular flexibility index (Phi) is 8.46. The van der Waals surface area contributed by atoms with E-state index in [4.69, 9.17) is 0 Å². The third-order valence-corrected chi connectivity index (χ3v) is 4.55. The molecular formula is C22H29FN4O. The molecule has 2 aromatic rings. The van der Waals surface area contributed by atoms with Gasteiger partial charge in [-0.15, -0.1) is 0 Å². The van der Waals surface area contributed by atoms with Crippen LogP contribution in [0.4, 0.5) is 4.39 Å². The van der Waals surface area contributed by atoms with Gasteiger partial charge in [0.1, 0.15) is 5.82 Å². The van der Waals surface area contributed by atoms with Gasteiger partial charge in [0.15, 0.2) is 5.96 Å². The average molecular weight is 384 g/mol. The Morgan fingerprint density at radius 2 is 1.57 bits per heavy atom. The van der Waals surface area contributed by atoms with Crippen molar-refractivity contribution in [2.24, 2.45) is 4.99 Å². The van der Waals surface area contributed by atoms with Crippen molar-refractivity contribution in [3.8, 4) is 0 Å². The summed E-state index contributed by atoms with van der Waals surface area (Å²) in [5, 5.41) is 6.51. The third kappa shape index (κ3) is 6.37. The molecule has 2 aromatic carbocycles. The lowest BCUT2D eigenvalue weighted by molar-refractivity contribution is 0.0773. The summed E-state index contributed by atoms with van der Waals surface area (Å²) < 4.78 is 12.9. The van der Waals surface area contributed by atoms with E-state index in [-0.39, 0.29) is 11.7 Å². The van der Waals surface area contributed by atoms with Gasteiger partial charge >= 0.3 is 0 Å². The predicted octanol–water partition coefficient (Wildman–Crippen LogP) is 3.22. The number of guanidine groups is 1. The molecular weight excluding hydrogens is 355 g/mol. The average Bonchev–Trinajstić information content (AvgIpc) is 2.73. The lowest BCUT2D eigenvalue weighted by Gasteiger charge is -2.18. The molecule has 0 aliphatic heterocycles. The summed E-state index contributed by atoms with van der Waals surface area (Å²) in [6.45, 7) is 6.68. The first-order chi connectivity index (χ1) is 13.6. The Labute approximate surface area is 166 Å². The predicted molar refractivity (Wildman–Crippen MR) is 112 cm³/mol. The summed E-state index contributed by atoms with van der Waals surface area (Å²) in [4.78, 5) is 18.4. The molecule has 0 atom stereocenters. The number of hydrogen-bond acceptors (Lipinski definition) is 2. The Balaban J connectivity index is 1.81. The van der Waals surface area contributed by atoms with Crippen molar-refractivity contribution in [2.75, 3.05) is 26.7 Å². The molecule has 1 amide bonds. The highest BCUT2D eigenvalue weighted by Gasteiger charge is 2.11. The van der Waals surface area contributed by atoms with Crippen molar-refractivity contribution >= 4 is 11.9 Å². The fraction of sp³-hybridized carbons (Fsp3) is 0.364. The molecule has 0 saturated carbocycles. The van der Waals surface area contributed by atoms with Crippen LogP contribution in [-0.4, -0.2) is 43.4 Å². The largest absolute Gasteiger partial charge is 0.356 e. The van der Waals surface area contributed by atoms with Gasteiger partial charge in [-0.05, 0) is 55.7 Å². The lowest BCUT2D eigenvalue weighted by atomic mass is 10.1. The molecule has 2 rings (SSSR count). The van der Waals surface area contributed by atoms with Crippen LogP contribution in [0.3, 0.4) is 0 Å². The minimum absolute atomic E-state index is 0.0581. The molecule has 28 heavy (non-hydrogen) atoms. The van der Waals surface area contributed by atoms with E-state index in [1.807, 2.05) is 38.1 Å². The highest BCUT2D eigenvalue weighted by molar-refractivity contribution is 5.94. The minimum atomic E-state index is -0.223. The molecule has 0 bridgehead atoms. The van der Waals surface area contributed by atoms with Gasteiger partial charge in [0, 0.05) is 38.8 Å². The molecule has 6 heteroatoms. The second-order valence-corrected chi connectivity index (χ2v) is 6.40. The maximum Gasteiger partial charge on any atom is 0.253 e. The topological polar surface area (TPSA) is 56.7 Å². The zero-order valence-electron chi connectivity index (χ0n) is 16.8. The van der Waals surface area contributed by atoms with E-state index in [9.17, 15) is 9.18 Å². The first-order valence-corrected chi connectivity index (χ1v) is 9.64. The van der Waals surface area contributed by atoms with Gasteiger partial charge in [-0.3, -0.25) is 9.79 Å². The number of carbonyl (C=O) groups is 1. The molecule has 0 radical (unpaired) electrons. The van der Waals surface area contributed by atoms with Gasteiger partial charge in [0.25, 0.3) is 5.91 Å². The standard InChI is InChI=1S/C22H29FN4O/c1-4-27(5-2)21(28)19-10-6-18(7-11-19)16-26-22(24-3)25-15-14-17-8-12-20(23)13-9-17/h6-13H,4-5,14-16H2,1-3H3,(H2,24,25,26). The van der Waals surface area contributed by atoms with E-state index in [1.54, 1.807) is 24.1 Å². The molecule has 0 heterocycles. The minimum Gasteiger partial charge on any atom is -0.356 e. The molecule has 0 spiro atoms. The molecule has 0 aliphatic carbocycles. The number of amides is 1. The molecule has 2 N–H and O–H groups in total. The van der Waals surface area contributed by atoms with Gasteiger partial charge in [-0.2, -0.15) is 0 Å². The van der Waals surface area contributed by atoms with E-state index in [0.717, 1.165) is 17.5 Å². The number of aliphatic imine (C=N–C) groups is 1. The fourth-order valence-corrected chi connectivity index (χ4v) is 2.84. The number of rotatable bonds is 8. The van der Waals surface area contributed by atoms with Gasteiger partial charge in [0.2, 0.25) is 0 Å². The van der Waals surface area contributed by atoms with Crippen molar-refractivity contribution in [2.45, 2.75) is 26.8 Å². The monoisotopic (exact) mass is 384 g/mol. The number of benzene rings is 2. The Bertz CT molecular complexity index is 768. The Morgan fingerprint density at radius 3 is 2.14 bits per heavy atom. The van der Waals surface area contributed by atoms with Crippen LogP contribution in [-0.2, 0) is 13.0 Å². The zero-order chi connectivity index (χ0) is 20.4. The summed E-state index contributed by atoms with van der Waals surface area (Å²) in [7, 11) is 1.72. The first kappa shape index (κ1) is 21.4. The van der Waals surface area contributed by atoms with Crippen LogP contribution >= 0.6 is 0 Å². The number of nitrogens with zero attached hydrogens (tertiary/aromatic N) is 2. The summed E-state index contributed by atoms with van der Waals surface area (Å²) in [5.41, 5.74) is 2.84. The summed E-state index contributed by atoms with van der Waals surface area (Å²) >= 11 is 0. The normalized spacial score (nSPS) is 11.2. The molecule has 0 aliphatic rings. The van der Waals surface area contributed by atoms with E-state index in [1.165, 1.54) is 12.1 Å². The van der Waals surface area contributed by atoms with Gasteiger partial charge in [-0.1, -0.05) is 24.3 Å². The van der Waals surface area contributed by atoms with Crippen LogP contribution in [0.1, 0.15) is 35.3 Å². The first-order valence-electron chi connectivity index (χ1n) is 9.64. The quantitative estimate of drug-likeness (QED) is 0.543. The third-order valence-electron chi connectivity index (χ3n) is 4.55. The van der Waals surface area contributed by atoms with Crippen LogP contribution in [0, 0.1) is 5.82 Å². The van der Waals surface area contributed by atoms with Crippen molar-refractivity contribution < 1.29 is 9.18 Å². The molecule has 0 saturated heterocycles. The number of hydrogen-bond donors (Lipinski definition) is 2. The zero-order valence-corrected chi connectivity index (χ0v) is 16.8. The molecule has 150 valence electrons. The SMILES string of the molecule is CCN(CC)C(=O)c1ccc(CNC(=NC)NCCc2ccc(F)cc2)cc1. The maximum atomic E-state index is 12.9. The second-order valence-electron chi connectivity index (χ2n) is 6.40. The van der Waals surface area contributed by atoms with Crippen molar-refractivity contribution in [1.82, 2.24) is 15.5 Å². The lowest BCUT2D eigenvalue weighted by Crippen LogP contribution is -2.37. The van der Waals surface area contributed by atoms with E-state index in [2.05, 4.69) is 15.6 Å². The van der Waals surface area contributed by atoms with Crippen molar-refractivity contribution in [3.05, 3.63) is 71.0 Å². The van der Waals surface area contributed by atoms with Gasteiger partial charge in [-0.25, -0.2) is 4.39 Å². The Hall–Kier alpha value is -2.89. The van der Waals surface area contributed by atoms with Crippen LogP contribution in [0.5, 0.6) is 0 Å². The molecule has 0 unspecified atom stereocenters. The summed E-state index contributed by atoms with van der Waals surface area (Å²) in [6, 6.07) is 14.1. The molecule has 0 fully saturated rings. The fourth-order valence-electron chi connectivity index (χ4n) is 2.84. The number of carbonyl (C=O) groups excluding carboxylic acids is 1. The summed E-state index contributed by atoms with van der Waals surface area (Å²) in [5.74, 6) is 0.534. The molecule has 5 nitrogen and oxygen atoms in total. The van der Waals surface area contributed by atoms with Gasteiger partial charge in [0.05, 0.1) is 0 Å². The van der Waals surface area contributed by atoms with Crippen molar-refractivity contribution in [1.29, 1.82) is 0 Å². The van der Waals surface area contributed by atoms with E-state index in [0.29, 0.717) is 37.7 Å². The second kappa shape index (κ2) is 11.1. The highest BCUT2D eigenvalue weighted by Crippen LogP contribution is 2.08. The van der Waals surface area contributed by atoms with Crippen molar-refractivity contribution in [3.63, 3.8) is 0 Å². The summed E-state index contributed by atoms with van der Waals surface area (Å²) in [6.07, 6.45) is 0.781. The Morgan fingerprint density at radius 1 is 0.964 bits per heavy atom. The highest BCUT2D eigenvalue weighted by atomic mass is 19.1. The molecule has 0 aromatic heterocycles. The van der Waals surface area contributed by atoms with Crippen LogP contribution in [0.15, 0.2) is 53.5 Å². The van der Waals surface area contributed by atoms with Gasteiger partial charge < -0.3 is 15.5 Å². The van der Waals surface area contributed by atoms with Crippen LogP contribution in [0.2, 0.25) is 0 Å².